The molecule has 24 heavy (non-hydrogen) atoms. The molecule has 4 bridgehead atoms. The van der Waals surface area contributed by atoms with E-state index in [1.54, 1.807) is 6.07 Å². The Hall–Kier alpha value is -0.510. The third kappa shape index (κ3) is 3.04. The maximum atomic E-state index is 6.26. The van der Waals surface area contributed by atoms with Crippen LogP contribution < -0.4 is 10.6 Å². The fraction of sp³-hybridized carbons (Fsp3) is 0.632. The smallest absolute Gasteiger partial charge is 0.171 e. The van der Waals surface area contributed by atoms with Crippen molar-refractivity contribution in [3.8, 4) is 0 Å². The van der Waals surface area contributed by atoms with E-state index in [2.05, 4.69) is 24.5 Å². The molecule has 4 fully saturated rings. The predicted octanol–water partition coefficient (Wildman–Crippen LogP) is 6.03. The first kappa shape index (κ1) is 16.9. The van der Waals surface area contributed by atoms with E-state index in [1.165, 1.54) is 38.5 Å². The second-order valence-electron chi connectivity index (χ2n) is 9.11. The topological polar surface area (TPSA) is 24.1 Å². The lowest BCUT2D eigenvalue weighted by Crippen LogP contribution is -2.65. The van der Waals surface area contributed by atoms with Gasteiger partial charge in [-0.1, -0.05) is 37.0 Å². The zero-order valence-corrected chi connectivity index (χ0v) is 16.5. The van der Waals surface area contributed by atoms with E-state index in [0.29, 0.717) is 26.0 Å². The molecule has 2 atom stereocenters. The summed E-state index contributed by atoms with van der Waals surface area (Å²) in [6.07, 6.45) is 7.83. The van der Waals surface area contributed by atoms with Gasteiger partial charge < -0.3 is 10.6 Å². The average molecular weight is 383 g/mol. The zero-order valence-electron chi connectivity index (χ0n) is 14.2. The van der Waals surface area contributed by atoms with Crippen LogP contribution in [0.25, 0.3) is 0 Å². The third-order valence-electron chi connectivity index (χ3n) is 6.18. The van der Waals surface area contributed by atoms with Gasteiger partial charge in [-0.2, -0.15) is 0 Å². The Morgan fingerprint density at radius 3 is 2.33 bits per heavy atom. The molecule has 4 aliphatic carbocycles. The Morgan fingerprint density at radius 1 is 1.08 bits per heavy atom. The fourth-order valence-electron chi connectivity index (χ4n) is 6.57. The lowest BCUT2D eigenvalue weighted by molar-refractivity contribution is -0.111. The molecule has 0 heterocycles. The molecular formula is C19H24Cl2N2S. The van der Waals surface area contributed by atoms with Gasteiger partial charge in [0.2, 0.25) is 0 Å². The van der Waals surface area contributed by atoms with Crippen LogP contribution in [0.5, 0.6) is 0 Å². The molecule has 2 unspecified atom stereocenters. The normalized spacial score (nSPS) is 39.8. The summed E-state index contributed by atoms with van der Waals surface area (Å²) in [5.74, 6) is 0.839. The fourth-order valence-corrected chi connectivity index (χ4v) is 7.35. The van der Waals surface area contributed by atoms with Crippen molar-refractivity contribution in [3.05, 3.63) is 28.2 Å². The molecule has 4 aliphatic rings. The summed E-state index contributed by atoms with van der Waals surface area (Å²) in [5, 5.41) is 8.86. The second kappa shape index (κ2) is 5.49. The van der Waals surface area contributed by atoms with Gasteiger partial charge in [0, 0.05) is 10.6 Å². The van der Waals surface area contributed by atoms with E-state index < -0.39 is 0 Å². The Labute approximate surface area is 159 Å². The molecule has 5 rings (SSSR count). The van der Waals surface area contributed by atoms with Gasteiger partial charge >= 0.3 is 0 Å². The van der Waals surface area contributed by atoms with Crippen LogP contribution in [0.3, 0.4) is 0 Å². The van der Waals surface area contributed by atoms with Gasteiger partial charge in [-0.25, -0.2) is 0 Å². The van der Waals surface area contributed by atoms with E-state index in [4.69, 9.17) is 35.4 Å². The van der Waals surface area contributed by atoms with Crippen LogP contribution >= 0.6 is 35.4 Å². The van der Waals surface area contributed by atoms with Crippen LogP contribution in [0.4, 0.5) is 5.69 Å². The van der Waals surface area contributed by atoms with Crippen LogP contribution in [0.2, 0.25) is 10.0 Å². The van der Waals surface area contributed by atoms with E-state index in [9.17, 15) is 0 Å². The minimum absolute atomic E-state index is 0.145. The largest absolute Gasteiger partial charge is 0.357 e. The molecule has 0 radical (unpaired) electrons. The molecule has 2 nitrogen and oxygen atoms in total. The van der Waals surface area contributed by atoms with Gasteiger partial charge in [0.15, 0.2) is 5.11 Å². The van der Waals surface area contributed by atoms with E-state index >= 15 is 0 Å². The zero-order chi connectivity index (χ0) is 17.2. The summed E-state index contributed by atoms with van der Waals surface area (Å²) in [6, 6.07) is 5.44. The summed E-state index contributed by atoms with van der Waals surface area (Å²) in [6.45, 7) is 4.94. The van der Waals surface area contributed by atoms with Crippen molar-refractivity contribution in [1.82, 2.24) is 5.32 Å². The highest BCUT2D eigenvalue weighted by molar-refractivity contribution is 7.80. The molecule has 1 aromatic carbocycles. The van der Waals surface area contributed by atoms with E-state index in [-0.39, 0.29) is 5.54 Å². The molecule has 0 aromatic heterocycles. The Morgan fingerprint density at radius 2 is 1.75 bits per heavy atom. The standard InChI is InChI=1S/C19H24Cl2N2S/c1-17-6-12-7-18(2,9-17)11-19(8-12,10-17)23-16(24)22-15-4-3-13(20)5-14(15)21/h3-5,12H,6-11H2,1-2H3,(H2,22,23,24). The Bertz CT molecular complexity index is 687. The molecule has 1 aromatic rings. The number of halogens is 2. The van der Waals surface area contributed by atoms with Gasteiger partial charge in [-0.05, 0) is 85.7 Å². The third-order valence-corrected chi connectivity index (χ3v) is 6.94. The van der Waals surface area contributed by atoms with Crippen molar-refractivity contribution < 1.29 is 0 Å². The SMILES string of the molecule is CC12CC3CC(C)(C1)CC(NC(=S)Nc1ccc(Cl)cc1Cl)(C3)C2. The molecule has 0 amide bonds. The number of hydrogen-bond acceptors (Lipinski definition) is 1. The molecule has 0 aliphatic heterocycles. The van der Waals surface area contributed by atoms with Gasteiger partial charge in [-0.3, -0.25) is 0 Å². The molecule has 5 heteroatoms. The van der Waals surface area contributed by atoms with Crippen molar-refractivity contribution in [1.29, 1.82) is 0 Å². The van der Waals surface area contributed by atoms with Crippen LogP contribution in [-0.4, -0.2) is 10.7 Å². The van der Waals surface area contributed by atoms with Crippen molar-refractivity contribution in [2.24, 2.45) is 16.7 Å². The maximum absolute atomic E-state index is 6.26. The second-order valence-corrected chi connectivity index (χ2v) is 10.4. The minimum Gasteiger partial charge on any atom is -0.357 e. The summed E-state index contributed by atoms with van der Waals surface area (Å²) >= 11 is 17.9. The highest BCUT2D eigenvalue weighted by atomic mass is 35.5. The predicted molar refractivity (Wildman–Crippen MR) is 106 cm³/mol. The highest BCUT2D eigenvalue weighted by Crippen LogP contribution is 2.66. The quantitative estimate of drug-likeness (QED) is 0.610. The molecule has 0 spiro atoms. The monoisotopic (exact) mass is 382 g/mol. The van der Waals surface area contributed by atoms with Crippen molar-refractivity contribution in [2.45, 2.75) is 57.9 Å². The number of rotatable bonds is 2. The number of thiocarbonyl (C=S) groups is 1. The van der Waals surface area contributed by atoms with Gasteiger partial charge in [0.1, 0.15) is 0 Å². The van der Waals surface area contributed by atoms with Crippen molar-refractivity contribution in [3.63, 3.8) is 0 Å². The van der Waals surface area contributed by atoms with Crippen LogP contribution in [0.15, 0.2) is 18.2 Å². The lowest BCUT2D eigenvalue weighted by Gasteiger charge is -2.65. The highest BCUT2D eigenvalue weighted by Gasteiger charge is 2.60. The van der Waals surface area contributed by atoms with Crippen molar-refractivity contribution in [2.75, 3.05) is 5.32 Å². The van der Waals surface area contributed by atoms with E-state index in [1.807, 2.05) is 12.1 Å². The number of benzene rings is 1. The molecule has 4 saturated carbocycles. The first-order chi connectivity index (χ1) is 11.2. The van der Waals surface area contributed by atoms with E-state index in [0.717, 1.165) is 11.6 Å². The van der Waals surface area contributed by atoms with Crippen LogP contribution in [0, 0.1) is 16.7 Å². The van der Waals surface area contributed by atoms with Crippen LogP contribution in [-0.2, 0) is 0 Å². The maximum Gasteiger partial charge on any atom is 0.171 e. The molecular weight excluding hydrogens is 359 g/mol. The number of nitrogens with one attached hydrogen (secondary N) is 2. The number of hydrogen-bond donors (Lipinski definition) is 2. The summed E-state index contributed by atoms with van der Waals surface area (Å²) in [7, 11) is 0. The first-order valence-electron chi connectivity index (χ1n) is 8.73. The molecule has 2 N–H and O–H groups in total. The number of anilines is 1. The molecule has 130 valence electrons. The average Bonchev–Trinajstić information content (AvgIpc) is 2.37. The minimum atomic E-state index is 0.145. The van der Waals surface area contributed by atoms with Gasteiger partial charge in [-0.15, -0.1) is 0 Å². The van der Waals surface area contributed by atoms with Gasteiger partial charge in [0.05, 0.1) is 10.7 Å². The van der Waals surface area contributed by atoms with Crippen LogP contribution in [0.1, 0.15) is 52.4 Å². The molecule has 0 saturated heterocycles. The Kier molecular flexibility index (Phi) is 3.87. The lowest BCUT2D eigenvalue weighted by atomic mass is 9.43. The van der Waals surface area contributed by atoms with Gasteiger partial charge in [0.25, 0.3) is 0 Å². The summed E-state index contributed by atoms with van der Waals surface area (Å²) in [4.78, 5) is 0. The van der Waals surface area contributed by atoms with Crippen molar-refractivity contribution >= 4 is 46.2 Å². The first-order valence-corrected chi connectivity index (χ1v) is 9.89. The summed E-state index contributed by atoms with van der Waals surface area (Å²) in [5.41, 5.74) is 1.88. The summed E-state index contributed by atoms with van der Waals surface area (Å²) < 4.78 is 0. The Balaban J connectivity index is 1.51.